The quantitative estimate of drug-likeness (QED) is 0.595. The lowest BCUT2D eigenvalue weighted by molar-refractivity contribution is -0.119. The predicted octanol–water partition coefficient (Wildman–Crippen LogP) is 4.11. The van der Waals surface area contributed by atoms with Gasteiger partial charge in [0.1, 0.15) is 17.8 Å². The molecule has 0 N–H and O–H groups in total. The Bertz CT molecular complexity index is 1230. The van der Waals surface area contributed by atoms with Gasteiger partial charge < -0.3 is 9.15 Å². The van der Waals surface area contributed by atoms with Crippen molar-refractivity contribution in [1.29, 1.82) is 0 Å². The molecule has 1 aromatic carbocycles. The smallest absolute Gasteiger partial charge is 0.270 e. The summed E-state index contributed by atoms with van der Waals surface area (Å²) in [6.45, 7) is 6.17. The lowest BCUT2D eigenvalue weighted by Crippen LogP contribution is -2.28. The maximum absolute atomic E-state index is 12.7. The minimum atomic E-state index is -0.353. The van der Waals surface area contributed by atoms with Crippen LogP contribution in [0.5, 0.6) is 5.75 Å². The van der Waals surface area contributed by atoms with Crippen molar-refractivity contribution >= 4 is 22.5 Å². The van der Waals surface area contributed by atoms with Crippen molar-refractivity contribution in [3.63, 3.8) is 0 Å². The number of aryl methyl sites for hydroxylation is 1. The first kappa shape index (κ1) is 21.0. The number of carbonyl (C=O) groups excluding carboxylic acids is 1. The molecule has 7 nitrogen and oxygen atoms in total. The van der Waals surface area contributed by atoms with Gasteiger partial charge in [0.2, 0.25) is 0 Å². The van der Waals surface area contributed by atoms with Crippen molar-refractivity contribution < 1.29 is 13.9 Å². The van der Waals surface area contributed by atoms with Crippen LogP contribution in [0, 0.1) is 12.3 Å². The molecule has 0 unspecified atom stereocenters. The number of nitrogens with zero attached hydrogens (tertiary/aromatic N) is 3. The number of carbonyl (C=O) groups is 1. The number of hydrogen-bond acceptors (Lipinski definition) is 6. The van der Waals surface area contributed by atoms with E-state index in [0.29, 0.717) is 22.9 Å². The number of benzene rings is 1. The molecule has 2 aromatic heterocycles. The standard InChI is InChI=1S/C24H27N3O4/c1-15-25-19-12-16(5-6-20(19)31-15)11-18(28)14-27-22(29)13-21(30-4)23(26-27)17-7-9-24(2,3)10-8-17/h5-7,12-13H,8-11,14H2,1-4H3. The molecule has 1 aliphatic rings. The van der Waals surface area contributed by atoms with Crippen LogP contribution >= 0.6 is 0 Å². The third-order valence-electron chi connectivity index (χ3n) is 5.75. The fourth-order valence-corrected chi connectivity index (χ4v) is 3.91. The van der Waals surface area contributed by atoms with Gasteiger partial charge in [-0.05, 0) is 47.9 Å². The van der Waals surface area contributed by atoms with E-state index in [4.69, 9.17) is 9.15 Å². The number of aromatic nitrogens is 3. The van der Waals surface area contributed by atoms with Gasteiger partial charge in [0.25, 0.3) is 5.56 Å². The maximum Gasteiger partial charge on any atom is 0.270 e. The molecule has 0 radical (unpaired) electrons. The molecule has 0 atom stereocenters. The molecule has 4 rings (SSSR count). The summed E-state index contributed by atoms with van der Waals surface area (Å²) in [7, 11) is 1.53. The van der Waals surface area contributed by atoms with Crippen LogP contribution in [-0.2, 0) is 17.8 Å². The van der Waals surface area contributed by atoms with E-state index in [1.165, 1.54) is 17.9 Å². The molecule has 0 fully saturated rings. The number of ether oxygens (including phenoxy) is 1. The van der Waals surface area contributed by atoms with Crippen molar-refractivity contribution in [3.8, 4) is 5.75 Å². The molecule has 0 spiro atoms. The highest BCUT2D eigenvalue weighted by atomic mass is 16.5. The zero-order valence-electron chi connectivity index (χ0n) is 18.4. The highest BCUT2D eigenvalue weighted by Crippen LogP contribution is 2.39. The van der Waals surface area contributed by atoms with E-state index in [0.717, 1.165) is 35.9 Å². The largest absolute Gasteiger partial charge is 0.494 e. The molecule has 31 heavy (non-hydrogen) atoms. The summed E-state index contributed by atoms with van der Waals surface area (Å²) in [6, 6.07) is 6.91. The second-order valence-electron chi connectivity index (χ2n) is 8.91. The highest BCUT2D eigenvalue weighted by Gasteiger charge is 2.25. The molecule has 0 amide bonds. The topological polar surface area (TPSA) is 87.2 Å². The van der Waals surface area contributed by atoms with Gasteiger partial charge in [0, 0.05) is 19.4 Å². The first-order valence-electron chi connectivity index (χ1n) is 10.5. The van der Waals surface area contributed by atoms with E-state index in [1.54, 1.807) is 6.92 Å². The molecule has 1 aliphatic carbocycles. The fourth-order valence-electron chi connectivity index (χ4n) is 3.91. The van der Waals surface area contributed by atoms with Crippen LogP contribution < -0.4 is 10.3 Å². The van der Waals surface area contributed by atoms with E-state index in [1.807, 2.05) is 18.2 Å². The molecule has 0 bridgehead atoms. The molecular weight excluding hydrogens is 394 g/mol. The van der Waals surface area contributed by atoms with Crippen molar-refractivity contribution in [3.05, 3.63) is 57.8 Å². The predicted molar refractivity (Wildman–Crippen MR) is 118 cm³/mol. The van der Waals surface area contributed by atoms with E-state index < -0.39 is 0 Å². The van der Waals surface area contributed by atoms with Gasteiger partial charge in [-0.2, -0.15) is 5.10 Å². The van der Waals surface area contributed by atoms with Gasteiger partial charge in [-0.3, -0.25) is 9.59 Å². The fraction of sp³-hybridized carbons (Fsp3) is 0.417. The summed E-state index contributed by atoms with van der Waals surface area (Å²) in [4.78, 5) is 29.5. The average molecular weight is 421 g/mol. The van der Waals surface area contributed by atoms with Crippen LogP contribution in [0.3, 0.4) is 0 Å². The zero-order valence-corrected chi connectivity index (χ0v) is 18.4. The first-order valence-corrected chi connectivity index (χ1v) is 10.5. The van der Waals surface area contributed by atoms with E-state index in [-0.39, 0.29) is 29.7 Å². The summed E-state index contributed by atoms with van der Waals surface area (Å²) >= 11 is 0. The first-order chi connectivity index (χ1) is 14.7. The SMILES string of the molecule is COc1cc(=O)n(CC(=O)Cc2ccc3oc(C)nc3c2)nc1C1=CCC(C)(C)CC1. The molecule has 0 saturated carbocycles. The van der Waals surface area contributed by atoms with Gasteiger partial charge in [-0.1, -0.05) is 26.0 Å². The molecular formula is C24H27N3O4. The lowest BCUT2D eigenvalue weighted by atomic mass is 9.78. The molecule has 162 valence electrons. The lowest BCUT2D eigenvalue weighted by Gasteiger charge is -2.28. The summed E-state index contributed by atoms with van der Waals surface area (Å²) in [5.41, 5.74) is 3.84. The Balaban J connectivity index is 1.56. The van der Waals surface area contributed by atoms with Gasteiger partial charge in [-0.25, -0.2) is 9.67 Å². The number of oxazole rings is 1. The average Bonchev–Trinajstić information content (AvgIpc) is 3.08. The number of hydrogen-bond donors (Lipinski definition) is 0. The maximum atomic E-state index is 12.7. The van der Waals surface area contributed by atoms with Crippen molar-refractivity contribution in [1.82, 2.24) is 14.8 Å². The Morgan fingerprint density at radius 3 is 2.81 bits per heavy atom. The second-order valence-corrected chi connectivity index (χ2v) is 8.91. The Kier molecular flexibility index (Phi) is 5.52. The molecule has 0 saturated heterocycles. The number of fused-ring (bicyclic) bond motifs is 1. The van der Waals surface area contributed by atoms with Gasteiger partial charge in [0.05, 0.1) is 7.11 Å². The summed E-state index contributed by atoms with van der Waals surface area (Å²) < 4.78 is 12.1. The Labute approximate surface area is 180 Å². The number of rotatable bonds is 6. The van der Waals surface area contributed by atoms with Gasteiger partial charge >= 0.3 is 0 Å². The van der Waals surface area contributed by atoms with Crippen LogP contribution in [0.2, 0.25) is 0 Å². The van der Waals surface area contributed by atoms with E-state index in [9.17, 15) is 9.59 Å². The normalized spacial score (nSPS) is 15.7. The van der Waals surface area contributed by atoms with Crippen LogP contribution in [0.4, 0.5) is 0 Å². The third-order valence-corrected chi connectivity index (χ3v) is 5.75. The minimum absolute atomic E-state index is 0.0928. The van der Waals surface area contributed by atoms with Crippen molar-refractivity contribution in [2.45, 2.75) is 53.0 Å². The van der Waals surface area contributed by atoms with Crippen molar-refractivity contribution in [2.75, 3.05) is 7.11 Å². The summed E-state index contributed by atoms with van der Waals surface area (Å²) in [6.07, 6.45) is 5.19. The van der Waals surface area contributed by atoms with Gasteiger partial charge in [0.15, 0.2) is 23.0 Å². The van der Waals surface area contributed by atoms with E-state index >= 15 is 0 Å². The summed E-state index contributed by atoms with van der Waals surface area (Å²) in [5.74, 6) is 0.927. The second kappa shape index (κ2) is 8.13. The van der Waals surface area contributed by atoms with Crippen molar-refractivity contribution in [2.24, 2.45) is 5.41 Å². The summed E-state index contributed by atoms with van der Waals surface area (Å²) in [5, 5.41) is 4.51. The van der Waals surface area contributed by atoms with Crippen LogP contribution in [-0.4, -0.2) is 27.7 Å². The van der Waals surface area contributed by atoms with Gasteiger partial charge in [-0.15, -0.1) is 0 Å². The molecule has 2 heterocycles. The number of Topliss-reactive ketones (excluding diaryl/α,β-unsaturated/α-hetero) is 1. The van der Waals surface area contributed by atoms with Crippen LogP contribution in [0.15, 0.2) is 39.6 Å². The number of methoxy groups -OCH3 is 1. The Morgan fingerprint density at radius 2 is 2.10 bits per heavy atom. The van der Waals surface area contributed by atoms with E-state index in [2.05, 4.69) is 30.0 Å². The number of allylic oxidation sites excluding steroid dienone is 2. The highest BCUT2D eigenvalue weighted by molar-refractivity contribution is 5.82. The molecule has 3 aromatic rings. The Hall–Kier alpha value is -3.22. The number of ketones is 1. The minimum Gasteiger partial charge on any atom is -0.494 e. The molecule has 0 aliphatic heterocycles. The molecule has 7 heteroatoms. The van der Waals surface area contributed by atoms with Crippen LogP contribution in [0.25, 0.3) is 16.7 Å². The Morgan fingerprint density at radius 1 is 1.29 bits per heavy atom. The monoisotopic (exact) mass is 421 g/mol. The van der Waals surface area contributed by atoms with Crippen LogP contribution in [0.1, 0.15) is 50.3 Å². The zero-order chi connectivity index (χ0) is 22.2. The third kappa shape index (κ3) is 4.60.